The molecule has 140 valence electrons. The predicted molar refractivity (Wildman–Crippen MR) is 93.1 cm³/mol. The van der Waals surface area contributed by atoms with Crippen molar-refractivity contribution in [2.45, 2.75) is 38.3 Å². The van der Waals surface area contributed by atoms with Crippen molar-refractivity contribution in [1.82, 2.24) is 15.5 Å². The van der Waals surface area contributed by atoms with E-state index in [0.717, 1.165) is 12.0 Å². The van der Waals surface area contributed by atoms with Crippen molar-refractivity contribution in [3.8, 4) is 0 Å². The third-order valence-electron chi connectivity index (χ3n) is 4.30. The number of rotatable bonds is 7. The van der Waals surface area contributed by atoms with Crippen LogP contribution in [-0.2, 0) is 25.6 Å². The van der Waals surface area contributed by atoms with Gasteiger partial charge in [0, 0.05) is 19.9 Å². The highest BCUT2D eigenvalue weighted by molar-refractivity contribution is 5.91. The van der Waals surface area contributed by atoms with E-state index in [-0.39, 0.29) is 18.9 Å². The summed E-state index contributed by atoms with van der Waals surface area (Å²) in [6.45, 7) is 1.59. The highest BCUT2D eigenvalue weighted by Gasteiger charge is 2.32. The van der Waals surface area contributed by atoms with Crippen LogP contribution in [0.1, 0.15) is 25.3 Å². The lowest BCUT2D eigenvalue weighted by molar-refractivity contribution is -0.142. The molecular weight excluding hydrogens is 338 g/mol. The minimum atomic E-state index is -1.15. The zero-order chi connectivity index (χ0) is 19.1. The van der Waals surface area contributed by atoms with E-state index in [0.29, 0.717) is 13.0 Å². The smallest absolute Gasteiger partial charge is 0.326 e. The van der Waals surface area contributed by atoms with Crippen molar-refractivity contribution in [1.29, 1.82) is 0 Å². The first-order chi connectivity index (χ1) is 12.4. The molecular formula is C18H23N3O5. The molecule has 0 aromatic heterocycles. The second-order valence-corrected chi connectivity index (χ2v) is 6.24. The van der Waals surface area contributed by atoms with Crippen molar-refractivity contribution in [2.24, 2.45) is 0 Å². The summed E-state index contributed by atoms with van der Waals surface area (Å²) >= 11 is 0. The average molecular weight is 361 g/mol. The molecule has 0 saturated carbocycles. The molecule has 3 amide bonds. The molecule has 8 nitrogen and oxygen atoms in total. The van der Waals surface area contributed by atoms with Gasteiger partial charge in [0.25, 0.3) is 0 Å². The molecule has 8 heteroatoms. The summed E-state index contributed by atoms with van der Waals surface area (Å²) in [5.74, 6) is -2.31. The lowest BCUT2D eigenvalue weighted by Crippen LogP contribution is -2.50. The first-order valence-corrected chi connectivity index (χ1v) is 8.49. The molecule has 1 fully saturated rings. The van der Waals surface area contributed by atoms with Crippen molar-refractivity contribution in [2.75, 3.05) is 13.1 Å². The topological polar surface area (TPSA) is 116 Å². The van der Waals surface area contributed by atoms with Gasteiger partial charge in [0.05, 0.1) is 6.54 Å². The number of carboxylic acid groups (broad SMARTS) is 1. The SMILES string of the molecule is CC(=O)N1CCC[C@H]1C(=O)NCC(=O)N[C@@H](Cc1ccccc1)C(=O)O. The van der Waals surface area contributed by atoms with E-state index in [2.05, 4.69) is 10.6 Å². The number of benzene rings is 1. The predicted octanol–water partition coefficient (Wildman–Crippen LogP) is -0.0744. The fraction of sp³-hybridized carbons (Fsp3) is 0.444. The van der Waals surface area contributed by atoms with Crippen molar-refractivity contribution >= 4 is 23.7 Å². The molecule has 26 heavy (non-hydrogen) atoms. The number of amides is 3. The Balaban J connectivity index is 1.85. The fourth-order valence-corrected chi connectivity index (χ4v) is 3.00. The van der Waals surface area contributed by atoms with Crippen LogP contribution in [0.5, 0.6) is 0 Å². The Labute approximate surface area is 151 Å². The summed E-state index contributed by atoms with van der Waals surface area (Å²) in [5.41, 5.74) is 0.785. The van der Waals surface area contributed by atoms with Gasteiger partial charge in [-0.25, -0.2) is 4.79 Å². The van der Waals surface area contributed by atoms with Gasteiger partial charge in [-0.15, -0.1) is 0 Å². The van der Waals surface area contributed by atoms with Crippen molar-refractivity contribution < 1.29 is 24.3 Å². The lowest BCUT2D eigenvalue weighted by Gasteiger charge is -2.22. The lowest BCUT2D eigenvalue weighted by atomic mass is 10.1. The molecule has 0 spiro atoms. The maximum Gasteiger partial charge on any atom is 0.326 e. The summed E-state index contributed by atoms with van der Waals surface area (Å²) in [6, 6.07) is 7.31. The highest BCUT2D eigenvalue weighted by atomic mass is 16.4. The summed E-state index contributed by atoms with van der Waals surface area (Å²) < 4.78 is 0. The molecule has 1 aliphatic rings. The average Bonchev–Trinajstić information content (AvgIpc) is 3.10. The van der Waals surface area contributed by atoms with Crippen LogP contribution in [0.15, 0.2) is 30.3 Å². The Kier molecular flexibility index (Phi) is 6.71. The fourth-order valence-electron chi connectivity index (χ4n) is 3.00. The number of hydrogen-bond acceptors (Lipinski definition) is 4. The number of carbonyl (C=O) groups excluding carboxylic acids is 3. The maximum atomic E-state index is 12.2. The molecule has 1 heterocycles. The summed E-state index contributed by atoms with van der Waals surface area (Å²) in [6.07, 6.45) is 1.44. The van der Waals surface area contributed by atoms with E-state index in [9.17, 15) is 24.3 Å². The van der Waals surface area contributed by atoms with E-state index in [1.807, 2.05) is 6.07 Å². The number of aliphatic carboxylic acids is 1. The van der Waals surface area contributed by atoms with Gasteiger partial charge in [-0.3, -0.25) is 14.4 Å². The molecule has 0 radical (unpaired) electrons. The van der Waals surface area contributed by atoms with E-state index in [4.69, 9.17) is 0 Å². The molecule has 2 rings (SSSR count). The van der Waals surface area contributed by atoms with Gasteiger partial charge >= 0.3 is 5.97 Å². The van der Waals surface area contributed by atoms with E-state index in [1.54, 1.807) is 24.3 Å². The molecule has 0 unspecified atom stereocenters. The third-order valence-corrected chi connectivity index (χ3v) is 4.30. The maximum absolute atomic E-state index is 12.2. The summed E-state index contributed by atoms with van der Waals surface area (Å²) in [5, 5.41) is 14.2. The van der Waals surface area contributed by atoms with Crippen molar-refractivity contribution in [3.63, 3.8) is 0 Å². The zero-order valence-corrected chi connectivity index (χ0v) is 14.6. The number of likely N-dealkylation sites (tertiary alicyclic amines) is 1. The Morgan fingerprint density at radius 1 is 1.23 bits per heavy atom. The van der Waals surface area contributed by atoms with Crippen LogP contribution in [-0.4, -0.2) is 58.9 Å². The highest BCUT2D eigenvalue weighted by Crippen LogP contribution is 2.17. The Morgan fingerprint density at radius 3 is 2.54 bits per heavy atom. The number of carboxylic acids is 1. The Bertz CT molecular complexity index is 677. The Hall–Kier alpha value is -2.90. The van der Waals surface area contributed by atoms with E-state index >= 15 is 0 Å². The minimum Gasteiger partial charge on any atom is -0.480 e. The van der Waals surface area contributed by atoms with Gasteiger partial charge in [0.15, 0.2) is 0 Å². The molecule has 3 N–H and O–H groups in total. The van der Waals surface area contributed by atoms with E-state index < -0.39 is 29.9 Å². The van der Waals surface area contributed by atoms with Gasteiger partial charge < -0.3 is 20.6 Å². The number of nitrogens with one attached hydrogen (secondary N) is 2. The van der Waals surface area contributed by atoms with Crippen LogP contribution in [0.2, 0.25) is 0 Å². The Morgan fingerprint density at radius 2 is 1.92 bits per heavy atom. The monoisotopic (exact) mass is 361 g/mol. The van der Waals surface area contributed by atoms with Crippen LogP contribution in [0.3, 0.4) is 0 Å². The molecule has 0 aliphatic carbocycles. The molecule has 1 aromatic rings. The van der Waals surface area contributed by atoms with Crippen LogP contribution in [0.4, 0.5) is 0 Å². The third kappa shape index (κ3) is 5.30. The molecule has 1 aliphatic heterocycles. The number of nitrogens with zero attached hydrogens (tertiary/aromatic N) is 1. The normalized spacial score (nSPS) is 17.4. The first-order valence-electron chi connectivity index (χ1n) is 8.49. The van der Waals surface area contributed by atoms with Gasteiger partial charge in [-0.05, 0) is 18.4 Å². The van der Waals surface area contributed by atoms with E-state index in [1.165, 1.54) is 11.8 Å². The molecule has 0 bridgehead atoms. The van der Waals surface area contributed by atoms with Gasteiger partial charge in [0.1, 0.15) is 12.1 Å². The van der Waals surface area contributed by atoms with Gasteiger partial charge in [-0.2, -0.15) is 0 Å². The largest absolute Gasteiger partial charge is 0.480 e. The van der Waals surface area contributed by atoms with Crippen LogP contribution in [0.25, 0.3) is 0 Å². The summed E-state index contributed by atoms with van der Waals surface area (Å²) in [7, 11) is 0. The summed E-state index contributed by atoms with van der Waals surface area (Å²) in [4.78, 5) is 48.5. The quantitative estimate of drug-likeness (QED) is 0.628. The second-order valence-electron chi connectivity index (χ2n) is 6.24. The molecule has 1 saturated heterocycles. The first kappa shape index (κ1) is 19.4. The second kappa shape index (κ2) is 8.98. The minimum absolute atomic E-state index is 0.149. The van der Waals surface area contributed by atoms with Gasteiger partial charge in [-0.1, -0.05) is 30.3 Å². The van der Waals surface area contributed by atoms with Crippen LogP contribution >= 0.6 is 0 Å². The van der Waals surface area contributed by atoms with Crippen molar-refractivity contribution in [3.05, 3.63) is 35.9 Å². The number of carbonyl (C=O) groups is 4. The van der Waals surface area contributed by atoms with Crippen LogP contribution in [0, 0.1) is 0 Å². The molecule has 1 aromatic carbocycles. The van der Waals surface area contributed by atoms with Gasteiger partial charge in [0.2, 0.25) is 17.7 Å². The molecule has 2 atom stereocenters. The zero-order valence-electron chi connectivity index (χ0n) is 14.6. The van der Waals surface area contributed by atoms with Crippen LogP contribution < -0.4 is 10.6 Å². The number of hydrogen-bond donors (Lipinski definition) is 3. The standard InChI is InChI=1S/C18H23N3O5/c1-12(22)21-9-5-8-15(21)17(24)19-11-16(23)20-14(18(25)26)10-13-6-3-2-4-7-13/h2-4,6-7,14-15H,5,8-11H2,1H3,(H,19,24)(H,20,23)(H,25,26)/t14-,15-/m0/s1.